The number of nitrogens with zero attached hydrogens (tertiary/aromatic N) is 12. The van der Waals surface area contributed by atoms with Crippen LogP contribution in [0.5, 0.6) is 0 Å². The monoisotopic (exact) mass is 1730 g/mol. The average molecular weight is 1730 g/mol. The van der Waals surface area contributed by atoms with Gasteiger partial charge in [0.1, 0.15) is 12.1 Å². The molecule has 0 spiro atoms. The third-order valence-electron chi connectivity index (χ3n) is 28.0. The van der Waals surface area contributed by atoms with Gasteiger partial charge in [-0.25, -0.2) is 4.85 Å². The number of para-hydroxylation sites is 12. The van der Waals surface area contributed by atoms with Crippen LogP contribution in [0.3, 0.4) is 0 Å². The predicted molar refractivity (Wildman–Crippen MR) is 559 cm³/mol. The first-order valence-electron chi connectivity index (χ1n) is 45.6. The maximum Gasteiger partial charge on any atom is 0.212 e. The second kappa shape index (κ2) is 30.2. The van der Waals surface area contributed by atoms with Crippen LogP contribution >= 0.6 is 0 Å². The van der Waals surface area contributed by atoms with Crippen molar-refractivity contribution in [2.45, 2.75) is 0 Å². The molecule has 12 nitrogen and oxygen atoms in total. The minimum atomic E-state index is 0.411. The fourth-order valence-corrected chi connectivity index (χ4v) is 22.2. The average Bonchev–Trinajstić information content (AvgIpc) is 1.56. The molecule has 0 radical (unpaired) electrons. The van der Waals surface area contributed by atoms with Crippen molar-refractivity contribution in [3.8, 4) is 86.0 Å². The molecule has 0 fully saturated rings. The van der Waals surface area contributed by atoms with Crippen LogP contribution in [0.15, 0.2) is 437 Å². The highest BCUT2D eigenvalue weighted by molar-refractivity contribution is 6.19. The molecule has 0 atom stereocenters. The summed E-state index contributed by atoms with van der Waals surface area (Å²) in [6.07, 6.45) is 0. The molecule has 12 heteroatoms. The molecular formula is C124H72N12. The topological polar surface area (TPSA) is 115 Å². The Kier molecular flexibility index (Phi) is 17.0. The van der Waals surface area contributed by atoms with Crippen LogP contribution in [0.4, 0.5) is 5.69 Å². The summed E-state index contributed by atoms with van der Waals surface area (Å²) in [5.41, 5.74) is 30.3. The largest absolute Gasteiger partial charge is 0.319 e. The predicted octanol–water partition coefficient (Wildman–Crippen LogP) is 31.6. The number of fused-ring (bicyclic) bond motifs is 24. The Morgan fingerprint density at radius 1 is 0.169 bits per heavy atom. The maximum atomic E-state index is 11.1. The summed E-state index contributed by atoms with van der Waals surface area (Å²) in [6.45, 7) is 8.46. The van der Waals surface area contributed by atoms with Gasteiger partial charge in [0, 0.05) is 115 Å². The van der Waals surface area contributed by atoms with Crippen molar-refractivity contribution in [1.29, 1.82) is 15.8 Å². The molecule has 628 valence electrons. The first-order chi connectivity index (χ1) is 67.3. The summed E-state index contributed by atoms with van der Waals surface area (Å²) < 4.78 is 18.1. The fraction of sp³-hybridized carbons (Fsp3) is 0. The van der Waals surface area contributed by atoms with Crippen molar-refractivity contribution in [1.82, 2.24) is 36.5 Å². The van der Waals surface area contributed by atoms with E-state index in [0.717, 1.165) is 182 Å². The van der Waals surface area contributed by atoms with E-state index >= 15 is 0 Å². The Morgan fingerprint density at radius 2 is 0.397 bits per heavy atom. The Labute approximate surface area is 778 Å². The summed E-state index contributed by atoms with van der Waals surface area (Å²) in [5, 5.41) is 51.3. The molecule has 0 aliphatic carbocycles. The number of aromatic nitrogens is 8. The van der Waals surface area contributed by atoms with Crippen LogP contribution in [0.1, 0.15) is 16.7 Å². The van der Waals surface area contributed by atoms with Gasteiger partial charge < -0.3 is 36.5 Å². The van der Waals surface area contributed by atoms with Gasteiger partial charge in [-0.2, -0.15) is 15.8 Å². The van der Waals surface area contributed by atoms with E-state index in [9.17, 15) is 15.8 Å². The van der Waals surface area contributed by atoms with Gasteiger partial charge in [0.05, 0.1) is 135 Å². The molecular weight excluding hydrogens is 1660 g/mol. The molecule has 0 N–H and O–H groups in total. The SMILES string of the molecule is N#Cc1cc(-n2c3ccccc3c3cc(-c4ccc5c(c4)c4ccccc4n5-c4ccccc4)ccc32)cc(C#N)c1-n1c2ccccc2c2cc(-c3ccc4c(c3)c3ccccc3n4-c3ccccc3)ccc21.[C-]#[N+]c1cc(C#N)c(-n2c3ccccc3c3cc(-n4c5ccccc5c5ccccc54)ccc32)cc1-n1c2ccccc2c2cc(-n3c4ccccc4c4ccccc43)ccc21. The zero-order chi connectivity index (χ0) is 90.1. The second-order valence-corrected chi connectivity index (χ2v) is 35.1. The van der Waals surface area contributed by atoms with Gasteiger partial charge in [-0.05, 0) is 216 Å². The van der Waals surface area contributed by atoms with E-state index in [-0.39, 0.29) is 0 Å². The summed E-state index contributed by atoms with van der Waals surface area (Å²) in [7, 11) is 0. The minimum Gasteiger partial charge on any atom is -0.319 e. The Hall–Kier alpha value is -19.2. The lowest BCUT2D eigenvalue weighted by atomic mass is 10.0. The first-order valence-corrected chi connectivity index (χ1v) is 45.6. The van der Waals surface area contributed by atoms with Crippen molar-refractivity contribution in [3.05, 3.63) is 465 Å². The van der Waals surface area contributed by atoms with Crippen LogP contribution < -0.4 is 0 Å². The highest BCUT2D eigenvalue weighted by Gasteiger charge is 2.28. The van der Waals surface area contributed by atoms with Crippen molar-refractivity contribution in [3.63, 3.8) is 0 Å². The third-order valence-corrected chi connectivity index (χ3v) is 28.0. The molecule has 0 aliphatic rings. The minimum absolute atomic E-state index is 0.411. The quantitative estimate of drug-likeness (QED) is 0.127. The molecule has 20 aromatic carbocycles. The van der Waals surface area contributed by atoms with E-state index in [1.807, 2.05) is 36.4 Å². The first kappa shape index (κ1) is 76.8. The lowest BCUT2D eigenvalue weighted by Gasteiger charge is -2.16. The van der Waals surface area contributed by atoms with Crippen LogP contribution in [-0.2, 0) is 0 Å². The molecule has 28 rings (SSSR count). The molecule has 0 amide bonds. The molecule has 0 bridgehead atoms. The highest BCUT2D eigenvalue weighted by Crippen LogP contribution is 2.48. The number of hydrogen-bond donors (Lipinski definition) is 0. The molecule has 0 saturated heterocycles. The van der Waals surface area contributed by atoms with Crippen LogP contribution in [-0.4, -0.2) is 36.5 Å². The van der Waals surface area contributed by atoms with Crippen molar-refractivity contribution in [2.75, 3.05) is 0 Å². The molecule has 0 aliphatic heterocycles. The van der Waals surface area contributed by atoms with Crippen LogP contribution in [0.2, 0.25) is 0 Å². The molecule has 136 heavy (non-hydrogen) atoms. The van der Waals surface area contributed by atoms with Crippen molar-refractivity contribution < 1.29 is 0 Å². The summed E-state index contributed by atoms with van der Waals surface area (Å²) in [5.74, 6) is 0. The lowest BCUT2D eigenvalue weighted by Crippen LogP contribution is -2.04. The number of benzene rings is 20. The zero-order valence-electron chi connectivity index (χ0n) is 72.9. The molecule has 0 saturated carbocycles. The van der Waals surface area contributed by atoms with Gasteiger partial charge in [-0.1, -0.05) is 243 Å². The van der Waals surface area contributed by atoms with Crippen molar-refractivity contribution in [2.24, 2.45) is 0 Å². The molecule has 8 aromatic heterocycles. The summed E-state index contributed by atoms with van der Waals surface area (Å²) in [4.78, 5) is 4.07. The lowest BCUT2D eigenvalue weighted by molar-refractivity contribution is 1.12. The van der Waals surface area contributed by atoms with E-state index in [1.54, 1.807) is 6.07 Å². The van der Waals surface area contributed by atoms with Crippen LogP contribution in [0, 0.1) is 40.6 Å². The van der Waals surface area contributed by atoms with Gasteiger partial charge in [-0.15, -0.1) is 0 Å². The smallest absolute Gasteiger partial charge is 0.212 e. The highest BCUT2D eigenvalue weighted by atomic mass is 15.1. The zero-order valence-corrected chi connectivity index (χ0v) is 72.9. The van der Waals surface area contributed by atoms with Gasteiger partial charge in [0.2, 0.25) is 5.69 Å². The Balaban J connectivity index is 0.000000140. The molecule has 0 unspecified atom stereocenters. The van der Waals surface area contributed by atoms with Crippen LogP contribution in [0.25, 0.3) is 247 Å². The van der Waals surface area contributed by atoms with E-state index in [1.165, 1.54) is 54.1 Å². The third kappa shape index (κ3) is 11.4. The van der Waals surface area contributed by atoms with E-state index in [0.29, 0.717) is 28.1 Å². The van der Waals surface area contributed by atoms with Gasteiger partial charge >= 0.3 is 0 Å². The summed E-state index contributed by atoms with van der Waals surface area (Å²) >= 11 is 0. The second-order valence-electron chi connectivity index (χ2n) is 35.1. The molecule has 8 heterocycles. The maximum absolute atomic E-state index is 11.1. The Bertz CT molecular complexity index is 9810. The summed E-state index contributed by atoms with van der Waals surface area (Å²) in [6, 6.07) is 161. The number of rotatable bonds is 10. The standard InChI is InChI=1S/C68H40N6.C56H32N6/c69-41-47-35-51(73-62-25-13-9-21-54(62)58-39-45(29-33-66(58)73)43-27-31-64-56(37-43)52-19-7-11-23-60(52)71(64)49-15-3-1-4-16-49)36-48(42-70)68(47)74-63-26-14-10-22-55(63)59-40-46(30-34-67(59)74)44-28-32-65-57(38-44)53-20-8-12-24-61(53)72(65)50-17-5-2-6-18-50;1-58-46-30-35(34-57)55(61-51-24-12-6-18-42(51)44-31-36(26-28-53(44)61)59-47-20-8-2-14-38(47)39-15-3-9-21-48(39)59)33-56(46)62-52-25-13-7-19-43(52)45-32-37(27-29-54(45)62)60-49-22-10-4-16-40(49)41-17-5-11-23-50(41)60/h1-40H;2-33H. The number of hydrogen-bond acceptors (Lipinski definition) is 3. The Morgan fingerprint density at radius 3 is 0.706 bits per heavy atom. The van der Waals surface area contributed by atoms with Gasteiger partial charge in [0.25, 0.3) is 0 Å². The normalized spacial score (nSPS) is 11.8. The van der Waals surface area contributed by atoms with Gasteiger partial charge in [0.15, 0.2) is 0 Å². The van der Waals surface area contributed by atoms with E-state index in [4.69, 9.17) is 6.57 Å². The van der Waals surface area contributed by atoms with Gasteiger partial charge in [-0.3, -0.25) is 0 Å². The fourth-order valence-electron chi connectivity index (χ4n) is 22.2. The van der Waals surface area contributed by atoms with E-state index < -0.39 is 0 Å². The van der Waals surface area contributed by atoms with Crippen molar-refractivity contribution >= 4 is 180 Å². The van der Waals surface area contributed by atoms with E-state index in [2.05, 4.69) is 454 Å². The molecule has 28 aromatic rings. The number of nitriles is 3.